The van der Waals surface area contributed by atoms with Crippen LogP contribution in [0.25, 0.3) is 0 Å². The summed E-state index contributed by atoms with van der Waals surface area (Å²) in [5.74, 6) is -1.33. The third-order valence-corrected chi connectivity index (χ3v) is 7.96. The molecule has 1 N–H and O–H groups in total. The molecule has 0 aliphatic carbocycles. The monoisotopic (exact) mass is 617 g/mol. The molecule has 0 aliphatic heterocycles. The quantitative estimate of drug-likeness (QED) is 0.276. The highest BCUT2D eigenvalue weighted by Gasteiger charge is 2.33. The Bertz CT molecular complexity index is 1350. The Labute approximate surface area is 238 Å². The number of carbonyl (C=O) groups excluding carboxylic acids is 2. The van der Waals surface area contributed by atoms with Crippen LogP contribution in [-0.2, 0) is 32.6 Å². The number of benzene rings is 3. The van der Waals surface area contributed by atoms with Crippen molar-refractivity contribution in [1.82, 2.24) is 10.2 Å². The molecule has 0 aromatic heterocycles. The Morgan fingerprint density at radius 1 is 0.949 bits per heavy atom. The lowest BCUT2D eigenvalue weighted by Gasteiger charge is -2.33. The molecule has 2 amide bonds. The fraction of sp³-hybridized carbons (Fsp3) is 0.310. The molecule has 0 fully saturated rings. The Kier molecular flexibility index (Phi) is 11.1. The maximum atomic E-state index is 14.0. The van der Waals surface area contributed by atoms with Gasteiger partial charge in [0.25, 0.3) is 0 Å². The smallest absolute Gasteiger partial charge is 0.244 e. The highest BCUT2D eigenvalue weighted by molar-refractivity contribution is 9.10. The van der Waals surface area contributed by atoms with E-state index in [0.29, 0.717) is 22.3 Å². The number of halogens is 2. The highest BCUT2D eigenvalue weighted by Crippen LogP contribution is 2.28. The minimum Gasteiger partial charge on any atom is -0.354 e. The van der Waals surface area contributed by atoms with Crippen molar-refractivity contribution in [3.8, 4) is 0 Å². The van der Waals surface area contributed by atoms with Crippen molar-refractivity contribution < 1.29 is 22.4 Å². The molecule has 39 heavy (non-hydrogen) atoms. The number of anilines is 1. The minimum absolute atomic E-state index is 0.00856. The van der Waals surface area contributed by atoms with Gasteiger partial charge in [-0.15, -0.1) is 0 Å². The summed E-state index contributed by atoms with van der Waals surface area (Å²) in [5, 5.41) is 2.93. The lowest BCUT2D eigenvalue weighted by atomic mass is 10.0. The molecule has 0 saturated heterocycles. The first kappa shape index (κ1) is 30.3. The molecule has 0 saturated carbocycles. The Morgan fingerprint density at radius 2 is 1.59 bits per heavy atom. The number of unbranched alkanes of at least 4 members (excludes halogenated alkanes) is 1. The van der Waals surface area contributed by atoms with E-state index < -0.39 is 34.3 Å². The van der Waals surface area contributed by atoms with Gasteiger partial charge in [0.15, 0.2) is 0 Å². The number of amides is 2. The fourth-order valence-corrected chi connectivity index (χ4v) is 5.57. The molecule has 1 atom stereocenters. The molecular formula is C29H33BrFN3O4S. The predicted molar refractivity (Wildman–Crippen MR) is 155 cm³/mol. The van der Waals surface area contributed by atoms with Crippen LogP contribution in [0.4, 0.5) is 10.1 Å². The SMILES string of the molecule is CCCCNC(=O)[C@@H](Cc1ccccc1)N(Cc1ccc(F)cc1)C(=O)CN(c1ccccc1Br)S(C)(=O)=O. The van der Waals surface area contributed by atoms with E-state index in [2.05, 4.69) is 21.2 Å². The van der Waals surface area contributed by atoms with Crippen LogP contribution < -0.4 is 9.62 Å². The number of hydrogen-bond donors (Lipinski definition) is 1. The average Bonchev–Trinajstić information content (AvgIpc) is 2.91. The Hall–Kier alpha value is -3.24. The van der Waals surface area contributed by atoms with E-state index in [4.69, 9.17) is 0 Å². The average molecular weight is 619 g/mol. The summed E-state index contributed by atoms with van der Waals surface area (Å²) in [6, 6.07) is 20.8. The van der Waals surface area contributed by atoms with Gasteiger partial charge < -0.3 is 10.2 Å². The van der Waals surface area contributed by atoms with Gasteiger partial charge in [-0.3, -0.25) is 13.9 Å². The molecule has 0 aliphatic rings. The van der Waals surface area contributed by atoms with E-state index in [1.165, 1.54) is 17.0 Å². The topological polar surface area (TPSA) is 86.8 Å². The van der Waals surface area contributed by atoms with Gasteiger partial charge in [-0.2, -0.15) is 0 Å². The summed E-state index contributed by atoms with van der Waals surface area (Å²) in [6.07, 6.45) is 2.92. The van der Waals surface area contributed by atoms with E-state index in [1.807, 2.05) is 37.3 Å². The van der Waals surface area contributed by atoms with Crippen LogP contribution in [0.1, 0.15) is 30.9 Å². The second-order valence-electron chi connectivity index (χ2n) is 9.22. The summed E-state index contributed by atoms with van der Waals surface area (Å²) in [5.41, 5.74) is 1.76. The van der Waals surface area contributed by atoms with Crippen LogP contribution in [0.15, 0.2) is 83.3 Å². The molecule has 3 aromatic rings. The largest absolute Gasteiger partial charge is 0.354 e. The van der Waals surface area contributed by atoms with E-state index in [1.54, 1.807) is 36.4 Å². The first-order chi connectivity index (χ1) is 18.6. The zero-order valence-electron chi connectivity index (χ0n) is 22.0. The number of rotatable bonds is 13. The molecular weight excluding hydrogens is 585 g/mol. The standard InChI is InChI=1S/C29H33BrFN3O4S/c1-3-4-18-32-29(36)27(19-22-10-6-5-7-11-22)33(20-23-14-16-24(31)17-15-23)28(35)21-34(39(2,37)38)26-13-9-8-12-25(26)30/h5-17,27H,3-4,18-21H2,1-2H3,(H,32,36)/t27-/m1/s1. The van der Waals surface area contributed by atoms with Gasteiger partial charge in [-0.05, 0) is 57.7 Å². The Balaban J connectivity index is 2.03. The van der Waals surface area contributed by atoms with Crippen molar-refractivity contribution in [2.24, 2.45) is 0 Å². The van der Waals surface area contributed by atoms with Gasteiger partial charge in [-0.1, -0.05) is 67.9 Å². The molecule has 3 aromatic carbocycles. The lowest BCUT2D eigenvalue weighted by molar-refractivity contribution is -0.140. The number of hydrogen-bond acceptors (Lipinski definition) is 4. The molecule has 0 radical (unpaired) electrons. The maximum Gasteiger partial charge on any atom is 0.244 e. The van der Waals surface area contributed by atoms with Crippen LogP contribution in [-0.4, -0.2) is 50.5 Å². The normalized spacial score (nSPS) is 12.0. The Morgan fingerprint density at radius 3 is 2.21 bits per heavy atom. The first-order valence-electron chi connectivity index (χ1n) is 12.7. The zero-order chi connectivity index (χ0) is 28.4. The van der Waals surface area contributed by atoms with Crippen molar-refractivity contribution in [2.75, 3.05) is 23.7 Å². The lowest BCUT2D eigenvalue weighted by Crippen LogP contribution is -2.53. The molecule has 0 bridgehead atoms. The van der Waals surface area contributed by atoms with Gasteiger partial charge in [0.2, 0.25) is 21.8 Å². The summed E-state index contributed by atoms with van der Waals surface area (Å²) in [7, 11) is -3.86. The number of sulfonamides is 1. The second kappa shape index (κ2) is 14.2. The van der Waals surface area contributed by atoms with Crippen molar-refractivity contribution in [3.05, 3.63) is 100 Å². The number of carbonyl (C=O) groups is 2. The van der Waals surface area contributed by atoms with Crippen LogP contribution in [0.2, 0.25) is 0 Å². The summed E-state index contributed by atoms with van der Waals surface area (Å²) >= 11 is 3.38. The van der Waals surface area contributed by atoms with Crippen LogP contribution in [0, 0.1) is 5.82 Å². The first-order valence-corrected chi connectivity index (χ1v) is 15.3. The molecule has 0 unspecified atom stereocenters. The molecule has 3 rings (SSSR count). The van der Waals surface area contributed by atoms with Gasteiger partial charge in [0, 0.05) is 24.0 Å². The van der Waals surface area contributed by atoms with Gasteiger partial charge in [0.1, 0.15) is 18.4 Å². The van der Waals surface area contributed by atoms with Crippen LogP contribution in [0.5, 0.6) is 0 Å². The van der Waals surface area contributed by atoms with E-state index in [9.17, 15) is 22.4 Å². The summed E-state index contributed by atoms with van der Waals surface area (Å²) < 4.78 is 40.8. The van der Waals surface area contributed by atoms with Crippen molar-refractivity contribution >= 4 is 43.5 Å². The third kappa shape index (κ3) is 8.90. The molecule has 0 heterocycles. The van der Waals surface area contributed by atoms with Crippen molar-refractivity contribution in [3.63, 3.8) is 0 Å². The van der Waals surface area contributed by atoms with Gasteiger partial charge in [0.05, 0.1) is 11.9 Å². The number of nitrogens with one attached hydrogen (secondary N) is 1. The minimum atomic E-state index is -3.86. The second-order valence-corrected chi connectivity index (χ2v) is 12.0. The van der Waals surface area contributed by atoms with Gasteiger partial charge >= 0.3 is 0 Å². The fourth-order valence-electron chi connectivity index (χ4n) is 4.10. The van der Waals surface area contributed by atoms with Crippen molar-refractivity contribution in [1.29, 1.82) is 0 Å². The number of para-hydroxylation sites is 1. The molecule has 10 heteroatoms. The van der Waals surface area contributed by atoms with E-state index in [-0.39, 0.29) is 18.9 Å². The van der Waals surface area contributed by atoms with Gasteiger partial charge in [-0.25, -0.2) is 12.8 Å². The predicted octanol–water partition coefficient (Wildman–Crippen LogP) is 4.91. The van der Waals surface area contributed by atoms with Crippen molar-refractivity contribution in [2.45, 2.75) is 38.8 Å². The summed E-state index contributed by atoms with van der Waals surface area (Å²) in [6.45, 7) is 1.94. The molecule has 7 nitrogen and oxygen atoms in total. The number of nitrogens with zero attached hydrogens (tertiary/aromatic N) is 2. The van der Waals surface area contributed by atoms with E-state index in [0.717, 1.165) is 29.0 Å². The zero-order valence-corrected chi connectivity index (χ0v) is 24.4. The highest BCUT2D eigenvalue weighted by atomic mass is 79.9. The van der Waals surface area contributed by atoms with Crippen LogP contribution in [0.3, 0.4) is 0 Å². The third-order valence-electron chi connectivity index (χ3n) is 6.17. The van der Waals surface area contributed by atoms with Crippen LogP contribution >= 0.6 is 15.9 Å². The molecule has 0 spiro atoms. The van der Waals surface area contributed by atoms with E-state index >= 15 is 0 Å². The maximum absolute atomic E-state index is 14.0. The molecule has 208 valence electrons. The summed E-state index contributed by atoms with van der Waals surface area (Å²) in [4.78, 5) is 28.9.